The van der Waals surface area contributed by atoms with Gasteiger partial charge in [0.25, 0.3) is 5.91 Å². The number of phenols is 1. The first-order valence-electron chi connectivity index (χ1n) is 16.3. The Morgan fingerprint density at radius 3 is 1.26 bits per heavy atom. The molecular formula is C37H51NO4. The fraction of sp³-hybridized carbons (Fsp3) is 0.486. The van der Waals surface area contributed by atoms with Crippen LogP contribution >= 0.6 is 0 Å². The second kappa shape index (κ2) is 20.4. The van der Waals surface area contributed by atoms with Gasteiger partial charge in [0.15, 0.2) is 0 Å². The predicted octanol–water partition coefficient (Wildman–Crippen LogP) is 11.0. The summed E-state index contributed by atoms with van der Waals surface area (Å²) in [4.78, 5) is 12.5. The van der Waals surface area contributed by atoms with Crippen molar-refractivity contribution >= 4 is 5.91 Å². The molecule has 0 spiro atoms. The number of unbranched alkanes of at least 4 members (excludes halogenated alkanes) is 15. The van der Waals surface area contributed by atoms with Gasteiger partial charge >= 0.3 is 0 Å². The molecule has 1 amide bonds. The smallest absolute Gasteiger partial charge is 0.251 e. The molecule has 2 N–H and O–H groups in total. The van der Waals surface area contributed by atoms with Crippen LogP contribution in [0.5, 0.6) is 28.7 Å². The number of rotatable bonds is 22. The Bertz CT molecular complexity index is 1110. The second-order valence-electron chi connectivity index (χ2n) is 11.3. The van der Waals surface area contributed by atoms with Gasteiger partial charge in [-0.15, -0.1) is 0 Å². The van der Waals surface area contributed by atoms with Gasteiger partial charge in [0, 0.05) is 12.1 Å². The van der Waals surface area contributed by atoms with Gasteiger partial charge in [-0.05, 0) is 79.2 Å². The SMILES string of the molecule is CCCCCCCCCCCCCCCCCCNC(=O)c1ccc(Oc2ccc(Oc3ccc(O)cc3)cc2)cc1. The fourth-order valence-electron chi connectivity index (χ4n) is 5.01. The molecule has 3 aromatic rings. The van der Waals surface area contributed by atoms with E-state index in [-0.39, 0.29) is 11.7 Å². The maximum absolute atomic E-state index is 12.5. The molecule has 0 aliphatic rings. The predicted molar refractivity (Wildman–Crippen MR) is 173 cm³/mol. The molecule has 0 atom stereocenters. The molecule has 0 saturated heterocycles. The molecule has 0 bridgehead atoms. The van der Waals surface area contributed by atoms with Gasteiger partial charge < -0.3 is 19.9 Å². The molecule has 3 aromatic carbocycles. The van der Waals surface area contributed by atoms with Crippen molar-refractivity contribution in [2.24, 2.45) is 0 Å². The Labute approximate surface area is 253 Å². The summed E-state index contributed by atoms with van der Waals surface area (Å²) < 4.78 is 11.7. The molecule has 0 saturated carbocycles. The third kappa shape index (κ3) is 13.9. The molecule has 0 heterocycles. The fourth-order valence-corrected chi connectivity index (χ4v) is 5.01. The van der Waals surface area contributed by atoms with E-state index in [1.165, 1.54) is 96.3 Å². The van der Waals surface area contributed by atoms with Gasteiger partial charge in [0.2, 0.25) is 0 Å². The molecule has 0 unspecified atom stereocenters. The first kappa shape index (κ1) is 33.0. The summed E-state index contributed by atoms with van der Waals surface area (Å²) in [6.45, 7) is 3.00. The number of benzene rings is 3. The van der Waals surface area contributed by atoms with Crippen molar-refractivity contribution in [2.45, 2.75) is 110 Å². The van der Waals surface area contributed by atoms with E-state index >= 15 is 0 Å². The minimum Gasteiger partial charge on any atom is -0.508 e. The van der Waals surface area contributed by atoms with Crippen LogP contribution in [0, 0.1) is 0 Å². The summed E-state index contributed by atoms with van der Waals surface area (Å²) in [5.74, 6) is 2.81. The van der Waals surface area contributed by atoms with Crippen LogP contribution < -0.4 is 14.8 Å². The lowest BCUT2D eigenvalue weighted by Crippen LogP contribution is -2.24. The number of ether oxygens (including phenoxy) is 2. The largest absolute Gasteiger partial charge is 0.508 e. The number of phenolic OH excluding ortho intramolecular Hbond substituents is 1. The molecule has 5 nitrogen and oxygen atoms in total. The van der Waals surface area contributed by atoms with Crippen LogP contribution in [0.3, 0.4) is 0 Å². The van der Waals surface area contributed by atoms with E-state index < -0.39 is 0 Å². The van der Waals surface area contributed by atoms with Gasteiger partial charge in [-0.2, -0.15) is 0 Å². The summed E-state index contributed by atoms with van der Waals surface area (Å²) in [7, 11) is 0. The van der Waals surface area contributed by atoms with Crippen molar-refractivity contribution in [3.8, 4) is 28.7 Å². The van der Waals surface area contributed by atoms with Crippen LogP contribution in [0.2, 0.25) is 0 Å². The molecule has 0 aromatic heterocycles. The Morgan fingerprint density at radius 1 is 0.524 bits per heavy atom. The zero-order valence-electron chi connectivity index (χ0n) is 25.6. The van der Waals surface area contributed by atoms with Crippen LogP contribution in [-0.4, -0.2) is 17.6 Å². The van der Waals surface area contributed by atoms with Gasteiger partial charge in [0.1, 0.15) is 28.7 Å². The van der Waals surface area contributed by atoms with E-state index in [0.717, 1.165) is 6.42 Å². The van der Waals surface area contributed by atoms with Gasteiger partial charge in [-0.25, -0.2) is 0 Å². The number of carbonyl (C=O) groups excluding carboxylic acids is 1. The molecule has 228 valence electrons. The lowest BCUT2D eigenvalue weighted by Gasteiger charge is -2.09. The van der Waals surface area contributed by atoms with Gasteiger partial charge in [0.05, 0.1) is 0 Å². The molecule has 0 aliphatic heterocycles. The summed E-state index contributed by atoms with van der Waals surface area (Å²) in [5.41, 5.74) is 0.636. The van der Waals surface area contributed by atoms with E-state index in [2.05, 4.69) is 12.2 Å². The van der Waals surface area contributed by atoms with Crippen LogP contribution in [0.25, 0.3) is 0 Å². The van der Waals surface area contributed by atoms with Crippen molar-refractivity contribution in [3.05, 3.63) is 78.4 Å². The highest BCUT2D eigenvalue weighted by atomic mass is 16.5. The Kier molecular flexibility index (Phi) is 16.1. The lowest BCUT2D eigenvalue weighted by atomic mass is 10.0. The zero-order chi connectivity index (χ0) is 29.7. The van der Waals surface area contributed by atoms with E-state index in [9.17, 15) is 9.90 Å². The summed E-state index contributed by atoms with van der Waals surface area (Å²) in [5, 5.41) is 12.4. The summed E-state index contributed by atoms with van der Waals surface area (Å²) in [6, 6.07) is 21.1. The minimum absolute atomic E-state index is 0.0433. The van der Waals surface area contributed by atoms with E-state index in [1.54, 1.807) is 36.4 Å². The third-order valence-electron chi connectivity index (χ3n) is 7.56. The van der Waals surface area contributed by atoms with Gasteiger partial charge in [-0.1, -0.05) is 103 Å². The standard InChI is InChI=1S/C37H51NO4/c1-2-3-4-5-6-7-8-9-10-11-12-13-14-15-16-17-30-38-37(40)31-18-22-33(23-19-31)41-35-26-28-36(29-27-35)42-34-24-20-32(39)21-25-34/h18-29,39H,2-17,30H2,1H3,(H,38,40). The second-order valence-corrected chi connectivity index (χ2v) is 11.3. The highest BCUT2D eigenvalue weighted by Gasteiger charge is 2.06. The monoisotopic (exact) mass is 573 g/mol. The van der Waals surface area contributed by atoms with Crippen LogP contribution in [0.1, 0.15) is 120 Å². The normalized spacial score (nSPS) is 10.9. The molecule has 0 aliphatic carbocycles. The number of amides is 1. The minimum atomic E-state index is -0.0433. The third-order valence-corrected chi connectivity index (χ3v) is 7.56. The number of hydrogen-bond acceptors (Lipinski definition) is 4. The zero-order valence-corrected chi connectivity index (χ0v) is 25.6. The summed E-state index contributed by atoms with van der Waals surface area (Å²) in [6.07, 6.45) is 21.5. The molecule has 0 fully saturated rings. The molecule has 42 heavy (non-hydrogen) atoms. The number of carbonyl (C=O) groups is 1. The van der Waals surface area contributed by atoms with Crippen molar-refractivity contribution in [2.75, 3.05) is 6.54 Å². The Balaban J connectivity index is 1.19. The van der Waals surface area contributed by atoms with Crippen molar-refractivity contribution in [1.82, 2.24) is 5.32 Å². The van der Waals surface area contributed by atoms with Crippen LogP contribution in [0.15, 0.2) is 72.8 Å². The van der Waals surface area contributed by atoms with E-state index in [4.69, 9.17) is 9.47 Å². The molecular weight excluding hydrogens is 522 g/mol. The average Bonchev–Trinajstić information content (AvgIpc) is 3.01. The van der Waals surface area contributed by atoms with E-state index in [1.807, 2.05) is 36.4 Å². The highest BCUT2D eigenvalue weighted by Crippen LogP contribution is 2.27. The highest BCUT2D eigenvalue weighted by molar-refractivity contribution is 5.94. The lowest BCUT2D eigenvalue weighted by molar-refractivity contribution is 0.0953. The first-order chi connectivity index (χ1) is 20.6. The quantitative estimate of drug-likeness (QED) is 0.117. The number of hydrogen-bond donors (Lipinski definition) is 2. The van der Waals surface area contributed by atoms with Crippen molar-refractivity contribution in [3.63, 3.8) is 0 Å². The first-order valence-corrected chi connectivity index (χ1v) is 16.3. The van der Waals surface area contributed by atoms with Crippen LogP contribution in [-0.2, 0) is 0 Å². The Hall–Kier alpha value is -3.47. The number of nitrogens with one attached hydrogen (secondary N) is 1. The van der Waals surface area contributed by atoms with Gasteiger partial charge in [-0.3, -0.25) is 4.79 Å². The number of aromatic hydroxyl groups is 1. The topological polar surface area (TPSA) is 67.8 Å². The van der Waals surface area contributed by atoms with Crippen molar-refractivity contribution < 1.29 is 19.4 Å². The molecule has 0 radical (unpaired) electrons. The van der Waals surface area contributed by atoms with Crippen LogP contribution in [0.4, 0.5) is 0 Å². The molecule has 5 heteroatoms. The Morgan fingerprint density at radius 2 is 0.857 bits per heavy atom. The molecule has 3 rings (SSSR count). The van der Waals surface area contributed by atoms with E-state index in [0.29, 0.717) is 35.1 Å². The maximum Gasteiger partial charge on any atom is 0.251 e. The average molecular weight is 574 g/mol. The summed E-state index contributed by atoms with van der Waals surface area (Å²) >= 11 is 0. The maximum atomic E-state index is 12.5. The van der Waals surface area contributed by atoms with Crippen molar-refractivity contribution in [1.29, 1.82) is 0 Å².